The predicted molar refractivity (Wildman–Crippen MR) is 200 cm³/mol. The Bertz CT molecular complexity index is 2100. The molecule has 0 bridgehead atoms. The van der Waals surface area contributed by atoms with Crippen molar-refractivity contribution in [1.82, 2.24) is 9.80 Å². The molecule has 4 atom stereocenters. The number of hydrogen-bond acceptors (Lipinski definition) is 8. The van der Waals surface area contributed by atoms with E-state index in [1.165, 1.54) is 0 Å². The van der Waals surface area contributed by atoms with Crippen molar-refractivity contribution >= 4 is 31.0 Å². The van der Waals surface area contributed by atoms with Crippen molar-refractivity contribution in [1.29, 1.82) is 0 Å². The SMILES string of the molecule is Cc1ccc(S(=O)(=O)c2ccc3c(c2)[C@@H]2CCN(C)CC[C@@H]2N3)cc1.Cc1cccc(S(=O)(=O)c2ccc3c(c2)[C@@H]2CCN(C)CC[C@@H]2N3)c1. The van der Waals surface area contributed by atoms with E-state index in [1.807, 2.05) is 56.3 Å². The second kappa shape index (κ2) is 13.8. The van der Waals surface area contributed by atoms with Gasteiger partial charge in [0, 0.05) is 35.3 Å². The maximum absolute atomic E-state index is 13.0. The highest BCUT2D eigenvalue weighted by Crippen LogP contribution is 2.43. The molecular formula is C40H48N4O4S2. The molecule has 0 radical (unpaired) electrons. The molecule has 8 nitrogen and oxygen atoms in total. The van der Waals surface area contributed by atoms with Crippen molar-refractivity contribution in [3.8, 4) is 0 Å². The summed E-state index contributed by atoms with van der Waals surface area (Å²) < 4.78 is 52.1. The number of anilines is 2. The van der Waals surface area contributed by atoms with E-state index in [4.69, 9.17) is 0 Å². The van der Waals surface area contributed by atoms with Gasteiger partial charge in [0.2, 0.25) is 19.7 Å². The van der Waals surface area contributed by atoms with E-state index in [9.17, 15) is 16.8 Å². The number of nitrogens with zero attached hydrogens (tertiary/aromatic N) is 2. The minimum Gasteiger partial charge on any atom is -0.381 e. The molecule has 0 saturated carbocycles. The van der Waals surface area contributed by atoms with Crippen molar-refractivity contribution in [2.75, 3.05) is 50.9 Å². The van der Waals surface area contributed by atoms with Crippen molar-refractivity contribution in [3.63, 3.8) is 0 Å². The van der Waals surface area contributed by atoms with Crippen molar-refractivity contribution in [2.24, 2.45) is 0 Å². The maximum Gasteiger partial charge on any atom is 0.206 e. The summed E-state index contributed by atoms with van der Waals surface area (Å²) in [6.45, 7) is 8.14. The van der Waals surface area contributed by atoms with Gasteiger partial charge in [0.1, 0.15) is 0 Å². The van der Waals surface area contributed by atoms with Crippen LogP contribution in [0.5, 0.6) is 0 Å². The second-order valence-corrected chi connectivity index (χ2v) is 18.5. The van der Waals surface area contributed by atoms with Crippen LogP contribution in [-0.2, 0) is 19.7 Å². The first-order chi connectivity index (χ1) is 23.9. The fraction of sp³-hybridized carbons (Fsp3) is 0.400. The zero-order valence-electron chi connectivity index (χ0n) is 29.4. The van der Waals surface area contributed by atoms with Crippen LogP contribution in [0.3, 0.4) is 0 Å². The molecule has 2 saturated heterocycles. The highest BCUT2D eigenvalue weighted by molar-refractivity contribution is 7.91. The fourth-order valence-electron chi connectivity index (χ4n) is 8.02. The third kappa shape index (κ3) is 6.83. The van der Waals surface area contributed by atoms with Crippen molar-refractivity contribution in [3.05, 3.63) is 107 Å². The summed E-state index contributed by atoms with van der Waals surface area (Å²) in [7, 11) is -2.65. The number of fused-ring (bicyclic) bond motifs is 6. The normalized spacial score (nSPS) is 23.4. The van der Waals surface area contributed by atoms with Crippen LogP contribution < -0.4 is 10.6 Å². The van der Waals surface area contributed by atoms with E-state index < -0.39 is 19.7 Å². The smallest absolute Gasteiger partial charge is 0.206 e. The lowest BCUT2D eigenvalue weighted by atomic mass is 9.91. The number of aryl methyl sites for hydroxylation is 2. The topological polar surface area (TPSA) is 98.8 Å². The van der Waals surface area contributed by atoms with Gasteiger partial charge in [-0.1, -0.05) is 29.8 Å². The van der Waals surface area contributed by atoms with Crippen molar-refractivity contribution < 1.29 is 16.8 Å². The van der Waals surface area contributed by atoms with Gasteiger partial charge in [0.25, 0.3) is 0 Å². The monoisotopic (exact) mass is 712 g/mol. The van der Waals surface area contributed by atoms with Gasteiger partial charge in [0.05, 0.1) is 19.6 Å². The minimum absolute atomic E-state index is 0.362. The van der Waals surface area contributed by atoms with Gasteiger partial charge in [-0.2, -0.15) is 0 Å². The Morgan fingerprint density at radius 3 is 1.46 bits per heavy atom. The lowest BCUT2D eigenvalue weighted by molar-refractivity contribution is 0.346. The average Bonchev–Trinajstić information content (AvgIpc) is 3.50. The molecule has 0 spiro atoms. The summed E-state index contributed by atoms with van der Waals surface area (Å²) >= 11 is 0. The molecule has 0 amide bonds. The number of hydrogen-bond donors (Lipinski definition) is 2. The summed E-state index contributed by atoms with van der Waals surface area (Å²) in [5, 5.41) is 7.20. The number of benzene rings is 4. The third-order valence-electron chi connectivity index (χ3n) is 11.0. The number of likely N-dealkylation sites (tertiary alicyclic amines) is 2. The molecule has 4 aliphatic heterocycles. The molecule has 4 heterocycles. The van der Waals surface area contributed by atoms with Crippen LogP contribution >= 0.6 is 0 Å². The van der Waals surface area contributed by atoms with Gasteiger partial charge < -0.3 is 20.4 Å². The largest absolute Gasteiger partial charge is 0.381 e. The second-order valence-electron chi connectivity index (χ2n) is 14.6. The summed E-state index contributed by atoms with van der Waals surface area (Å²) in [6, 6.07) is 26.2. The summed E-state index contributed by atoms with van der Waals surface area (Å²) in [4.78, 5) is 6.24. The summed E-state index contributed by atoms with van der Waals surface area (Å²) in [5.74, 6) is 0.792. The summed E-state index contributed by atoms with van der Waals surface area (Å²) in [6.07, 6.45) is 4.32. The molecule has 4 aliphatic rings. The van der Waals surface area contributed by atoms with Crippen molar-refractivity contribution in [2.45, 2.75) is 83.0 Å². The number of sulfone groups is 2. The Hall–Kier alpha value is -3.70. The molecule has 50 heavy (non-hydrogen) atoms. The lowest BCUT2D eigenvalue weighted by Gasteiger charge is -2.16. The van der Waals surface area contributed by atoms with Crippen LogP contribution in [0.1, 0.15) is 59.8 Å². The average molecular weight is 713 g/mol. The van der Waals surface area contributed by atoms with Crippen LogP contribution in [0.2, 0.25) is 0 Å². The van der Waals surface area contributed by atoms with Gasteiger partial charge in [-0.15, -0.1) is 0 Å². The molecule has 4 aromatic carbocycles. The van der Waals surface area contributed by atoms with E-state index >= 15 is 0 Å². The van der Waals surface area contributed by atoms with Gasteiger partial charge in [-0.05, 0) is 157 Å². The molecular weight excluding hydrogens is 665 g/mol. The molecule has 0 aromatic heterocycles. The quantitative estimate of drug-likeness (QED) is 0.237. The first-order valence-corrected chi connectivity index (χ1v) is 20.7. The van der Waals surface area contributed by atoms with Gasteiger partial charge in [0.15, 0.2) is 0 Å². The zero-order valence-corrected chi connectivity index (χ0v) is 31.0. The maximum atomic E-state index is 13.0. The molecule has 4 aromatic rings. The van der Waals surface area contributed by atoms with E-state index in [2.05, 4.69) is 34.5 Å². The van der Waals surface area contributed by atoms with Gasteiger partial charge >= 0.3 is 0 Å². The molecule has 2 fully saturated rings. The van der Waals surface area contributed by atoms with E-state index in [0.717, 1.165) is 85.5 Å². The van der Waals surface area contributed by atoms with E-state index in [-0.39, 0.29) is 0 Å². The highest BCUT2D eigenvalue weighted by Gasteiger charge is 2.36. The Morgan fingerprint density at radius 2 is 0.960 bits per heavy atom. The summed E-state index contributed by atoms with van der Waals surface area (Å²) in [5.41, 5.74) is 6.53. The molecule has 0 unspecified atom stereocenters. The standard InChI is InChI=1S/2C20H24N2O2S/c1-14-3-5-15(6-4-14)25(23,24)16-7-8-19-18(13-16)17-9-11-22(2)12-10-20(17)21-19;1-14-4-3-5-15(12-14)25(23,24)16-6-7-19-18(13-16)17-8-10-22(2)11-9-20(17)21-19/h3-8,13,17,20-21H,9-12H2,1-2H3;3-7,12-13,17,20-21H,8-11H2,1-2H3/t2*17-,20-/m00/s1. The van der Waals surface area contributed by atoms with Crippen LogP contribution in [0.15, 0.2) is 105 Å². The molecule has 0 aliphatic carbocycles. The Labute approximate surface area is 297 Å². The van der Waals surface area contributed by atoms with Gasteiger partial charge in [-0.3, -0.25) is 0 Å². The van der Waals surface area contributed by atoms with E-state index in [0.29, 0.717) is 43.5 Å². The van der Waals surface area contributed by atoms with Gasteiger partial charge in [-0.25, -0.2) is 16.8 Å². The lowest BCUT2D eigenvalue weighted by Crippen LogP contribution is -2.22. The Kier molecular flexibility index (Phi) is 9.58. The van der Waals surface area contributed by atoms with Crippen LogP contribution in [0.25, 0.3) is 0 Å². The molecule has 2 N–H and O–H groups in total. The molecule has 264 valence electrons. The third-order valence-corrected chi connectivity index (χ3v) is 14.6. The number of nitrogens with one attached hydrogen (secondary N) is 2. The molecule has 10 heteroatoms. The van der Waals surface area contributed by atoms with Crippen LogP contribution in [0.4, 0.5) is 11.4 Å². The Morgan fingerprint density at radius 1 is 0.520 bits per heavy atom. The fourth-order valence-corrected chi connectivity index (χ4v) is 10.7. The molecule has 8 rings (SSSR count). The highest BCUT2D eigenvalue weighted by atomic mass is 32.2. The zero-order chi connectivity index (χ0) is 35.2. The first-order valence-electron chi connectivity index (χ1n) is 17.7. The first kappa shape index (κ1) is 34.7. The predicted octanol–water partition coefficient (Wildman–Crippen LogP) is 6.86. The van der Waals surface area contributed by atoms with Crippen LogP contribution in [-0.4, -0.2) is 79.0 Å². The Balaban J connectivity index is 0.000000157. The minimum atomic E-state index is -3.48. The number of rotatable bonds is 4. The van der Waals surface area contributed by atoms with Crippen LogP contribution in [0, 0.1) is 13.8 Å². The van der Waals surface area contributed by atoms with E-state index in [1.54, 1.807) is 42.5 Å².